The quantitative estimate of drug-likeness (QED) is 0.0719. The summed E-state index contributed by atoms with van der Waals surface area (Å²) in [6.07, 6.45) is 38.8. The van der Waals surface area contributed by atoms with Crippen molar-refractivity contribution in [1.29, 1.82) is 0 Å². The molecule has 0 radical (unpaired) electrons. The van der Waals surface area contributed by atoms with E-state index >= 15 is 0 Å². The third-order valence-electron chi connectivity index (χ3n) is 13.2. The topological polar surface area (TPSA) is 6.25 Å². The van der Waals surface area contributed by atoms with Gasteiger partial charge in [0, 0.05) is 52.5 Å². The number of fused-ring (bicyclic) bond motifs is 2. The fraction of sp³-hybridized carbons (Fsp3) is 0.604. The molecular weight excluding hydrogens is 700 g/mol. The second-order valence-electron chi connectivity index (χ2n) is 18.3. The highest BCUT2D eigenvalue weighted by atomic mass is 35.5. The molecule has 2 nitrogen and oxygen atoms in total. The van der Waals surface area contributed by atoms with Crippen molar-refractivity contribution >= 4 is 28.7 Å². The van der Waals surface area contributed by atoms with Gasteiger partial charge in [-0.3, -0.25) is 0 Å². The van der Waals surface area contributed by atoms with Crippen molar-refractivity contribution < 1.29 is 4.58 Å². The van der Waals surface area contributed by atoms with Crippen LogP contribution in [0.3, 0.4) is 0 Å². The van der Waals surface area contributed by atoms with Crippen molar-refractivity contribution in [2.75, 3.05) is 18.0 Å². The van der Waals surface area contributed by atoms with E-state index in [-0.39, 0.29) is 10.8 Å². The molecule has 0 saturated carbocycles. The standard InChI is InChI=1S/C53H78ClN2/c1-7-9-11-13-15-17-19-21-23-29-41-55-47-33-27-25-31-45(47)52(3,4)49(55)39-37-43-35-36-44(51(43)54)38-40-50-53(5,6)46-32-26-28-34-48(46)56(50)42-30-24-22-20-18-16-14-12-10-8-2/h25-28,31-34,37-40H,7-24,29-30,35-36,41-42H2,1-6H3/q+1. The Balaban J connectivity index is 1.25. The molecule has 2 aromatic carbocycles. The first-order valence-corrected chi connectivity index (χ1v) is 23.7. The van der Waals surface area contributed by atoms with Crippen molar-refractivity contribution in [3.05, 3.63) is 106 Å². The van der Waals surface area contributed by atoms with Crippen LogP contribution in [0.5, 0.6) is 0 Å². The Morgan fingerprint density at radius 2 is 1.12 bits per heavy atom. The third-order valence-corrected chi connectivity index (χ3v) is 13.7. The van der Waals surface area contributed by atoms with E-state index in [2.05, 4.69) is 124 Å². The Bertz CT molecular complexity index is 1700. The minimum absolute atomic E-state index is 0.0406. The molecule has 2 aliphatic heterocycles. The normalized spacial score (nSPS) is 18.7. The highest BCUT2D eigenvalue weighted by molar-refractivity contribution is 6.33. The van der Waals surface area contributed by atoms with Gasteiger partial charge in [-0.25, -0.2) is 0 Å². The molecule has 2 aromatic rings. The van der Waals surface area contributed by atoms with Crippen LogP contribution >= 0.6 is 11.6 Å². The Morgan fingerprint density at radius 1 is 0.589 bits per heavy atom. The van der Waals surface area contributed by atoms with E-state index in [0.29, 0.717) is 0 Å². The number of rotatable bonds is 25. The van der Waals surface area contributed by atoms with Crippen molar-refractivity contribution in [3.8, 4) is 0 Å². The van der Waals surface area contributed by atoms with Crippen LogP contribution in [0.2, 0.25) is 0 Å². The van der Waals surface area contributed by atoms with Crippen LogP contribution in [0, 0.1) is 0 Å². The fourth-order valence-electron chi connectivity index (χ4n) is 9.65. The molecule has 0 spiro atoms. The van der Waals surface area contributed by atoms with E-state index < -0.39 is 0 Å². The molecule has 3 heteroatoms. The summed E-state index contributed by atoms with van der Waals surface area (Å²) in [5, 5.41) is 0.947. The molecule has 0 saturated heterocycles. The molecule has 2 heterocycles. The van der Waals surface area contributed by atoms with Gasteiger partial charge in [0.05, 0.1) is 5.41 Å². The van der Waals surface area contributed by atoms with E-state index in [1.54, 1.807) is 0 Å². The van der Waals surface area contributed by atoms with Gasteiger partial charge in [0.1, 0.15) is 6.54 Å². The van der Waals surface area contributed by atoms with Crippen LogP contribution in [-0.2, 0) is 10.8 Å². The number of benzene rings is 2. The van der Waals surface area contributed by atoms with Gasteiger partial charge in [-0.2, -0.15) is 4.58 Å². The molecular formula is C53H78ClN2+. The van der Waals surface area contributed by atoms with Crippen molar-refractivity contribution in [2.45, 2.75) is 194 Å². The molecule has 0 unspecified atom stereocenters. The summed E-state index contributed by atoms with van der Waals surface area (Å²) in [7, 11) is 0. The lowest BCUT2D eigenvalue weighted by Gasteiger charge is -2.27. The summed E-state index contributed by atoms with van der Waals surface area (Å²) >= 11 is 7.26. The highest BCUT2D eigenvalue weighted by Crippen LogP contribution is 2.48. The molecule has 0 bridgehead atoms. The van der Waals surface area contributed by atoms with Gasteiger partial charge in [-0.15, -0.1) is 0 Å². The van der Waals surface area contributed by atoms with E-state index in [9.17, 15) is 0 Å². The second-order valence-corrected chi connectivity index (χ2v) is 18.6. The second kappa shape index (κ2) is 22.3. The van der Waals surface area contributed by atoms with Gasteiger partial charge in [-0.05, 0) is 68.4 Å². The molecule has 0 N–H and O–H groups in total. The van der Waals surface area contributed by atoms with Gasteiger partial charge in [0.2, 0.25) is 5.69 Å². The lowest BCUT2D eigenvalue weighted by Crippen LogP contribution is -2.28. The lowest BCUT2D eigenvalue weighted by atomic mass is 9.81. The van der Waals surface area contributed by atoms with E-state index in [1.165, 1.54) is 173 Å². The number of anilines is 1. The van der Waals surface area contributed by atoms with Crippen LogP contribution in [0.25, 0.3) is 0 Å². The summed E-state index contributed by atoms with van der Waals surface area (Å²) in [5.74, 6) is 0. The molecule has 1 aliphatic carbocycles. The Morgan fingerprint density at radius 3 is 1.75 bits per heavy atom. The average Bonchev–Trinajstić information content (AvgIpc) is 3.73. The van der Waals surface area contributed by atoms with Crippen molar-refractivity contribution in [2.24, 2.45) is 0 Å². The molecule has 0 atom stereocenters. The summed E-state index contributed by atoms with van der Waals surface area (Å²) in [5.41, 5.74) is 10.9. The summed E-state index contributed by atoms with van der Waals surface area (Å²) in [6.45, 7) is 16.4. The van der Waals surface area contributed by atoms with E-state index in [0.717, 1.165) is 31.0 Å². The zero-order valence-electron chi connectivity index (χ0n) is 36.7. The van der Waals surface area contributed by atoms with E-state index in [4.69, 9.17) is 11.6 Å². The molecule has 0 fully saturated rings. The average molecular weight is 779 g/mol. The Labute approximate surface area is 349 Å². The zero-order chi connectivity index (χ0) is 39.8. The number of nitrogens with zero attached hydrogens (tertiary/aromatic N) is 2. The molecule has 56 heavy (non-hydrogen) atoms. The predicted molar refractivity (Wildman–Crippen MR) is 247 cm³/mol. The maximum absolute atomic E-state index is 7.26. The van der Waals surface area contributed by atoms with Crippen LogP contribution in [0.1, 0.15) is 194 Å². The SMILES string of the molecule is CCCCCCCCCCCCN1/C(=C/C=C2\CCC(/C=C/C3=[N+](CCCCCCCCCCCC)c4ccccc4C3(C)C)=C2Cl)C(C)(C)c2ccccc21. The number of unbranched alkanes of at least 4 members (excludes halogenated alkanes) is 18. The summed E-state index contributed by atoms with van der Waals surface area (Å²) in [4.78, 5) is 2.62. The fourth-order valence-corrected chi connectivity index (χ4v) is 9.96. The van der Waals surface area contributed by atoms with Gasteiger partial charge >= 0.3 is 0 Å². The number of hydrogen-bond acceptors (Lipinski definition) is 1. The largest absolute Gasteiger partial charge is 0.344 e. The maximum Gasteiger partial charge on any atom is 0.209 e. The molecule has 0 amide bonds. The summed E-state index contributed by atoms with van der Waals surface area (Å²) in [6, 6.07) is 18.1. The maximum atomic E-state index is 7.26. The number of allylic oxidation sites excluding steroid dienone is 8. The van der Waals surface area contributed by atoms with E-state index in [1.807, 2.05) is 0 Å². The van der Waals surface area contributed by atoms with Gasteiger partial charge in [0.25, 0.3) is 0 Å². The first-order valence-electron chi connectivity index (χ1n) is 23.3. The number of hydrogen-bond donors (Lipinski definition) is 0. The Kier molecular flexibility index (Phi) is 17.7. The highest BCUT2D eigenvalue weighted by Gasteiger charge is 2.44. The minimum atomic E-state index is -0.0406. The smallest absolute Gasteiger partial charge is 0.209 e. The zero-order valence-corrected chi connectivity index (χ0v) is 37.4. The predicted octanol–water partition coefficient (Wildman–Crippen LogP) is 16.4. The molecule has 3 aliphatic rings. The van der Waals surface area contributed by atoms with Gasteiger partial charge in [0.15, 0.2) is 5.71 Å². The van der Waals surface area contributed by atoms with Crippen LogP contribution < -0.4 is 4.90 Å². The van der Waals surface area contributed by atoms with Crippen molar-refractivity contribution in [1.82, 2.24) is 0 Å². The van der Waals surface area contributed by atoms with Crippen LogP contribution in [0.15, 0.2) is 94.7 Å². The molecule has 306 valence electrons. The minimum Gasteiger partial charge on any atom is -0.344 e. The van der Waals surface area contributed by atoms with Gasteiger partial charge < -0.3 is 4.90 Å². The number of para-hydroxylation sites is 2. The first-order chi connectivity index (χ1) is 27.2. The summed E-state index contributed by atoms with van der Waals surface area (Å²) < 4.78 is 2.62. The first kappa shape index (κ1) is 44.3. The number of halogens is 1. The Hall–Kier alpha value is -2.84. The van der Waals surface area contributed by atoms with Crippen molar-refractivity contribution in [3.63, 3.8) is 0 Å². The monoisotopic (exact) mass is 778 g/mol. The molecule has 5 rings (SSSR count). The third kappa shape index (κ3) is 11.4. The van der Waals surface area contributed by atoms with Gasteiger partial charge in [-0.1, -0.05) is 197 Å². The van der Waals surface area contributed by atoms with Crippen LogP contribution in [0.4, 0.5) is 11.4 Å². The van der Waals surface area contributed by atoms with Crippen LogP contribution in [-0.4, -0.2) is 23.4 Å². The lowest BCUT2D eigenvalue weighted by molar-refractivity contribution is -0.438. The molecule has 0 aromatic heterocycles.